The number of ether oxygens (including phenoxy) is 1. The normalized spacial score (nSPS) is 12.4. The Bertz CT molecular complexity index is 549. The zero-order valence-electron chi connectivity index (χ0n) is 12.2. The predicted octanol–water partition coefficient (Wildman–Crippen LogP) is 5.39. The minimum Gasteiger partial charge on any atom is -0.492 e. The molecule has 5 heteroatoms. The SMILES string of the molecule is CCOc1c(Br)cc(CNC(C)Cc2ccsc2)cc1Br. The van der Waals surface area contributed by atoms with Gasteiger partial charge in [0.05, 0.1) is 15.6 Å². The Balaban J connectivity index is 1.94. The van der Waals surface area contributed by atoms with Gasteiger partial charge in [-0.3, -0.25) is 0 Å². The van der Waals surface area contributed by atoms with Gasteiger partial charge in [-0.25, -0.2) is 0 Å². The first-order valence-electron chi connectivity index (χ1n) is 6.95. The predicted molar refractivity (Wildman–Crippen MR) is 97.3 cm³/mol. The third-order valence-corrected chi connectivity index (χ3v) is 5.03. The van der Waals surface area contributed by atoms with Gasteiger partial charge in [-0.05, 0) is 92.2 Å². The molecule has 21 heavy (non-hydrogen) atoms. The maximum atomic E-state index is 5.61. The monoisotopic (exact) mass is 431 g/mol. The topological polar surface area (TPSA) is 21.3 Å². The second kappa shape index (κ2) is 8.32. The summed E-state index contributed by atoms with van der Waals surface area (Å²) in [7, 11) is 0. The average molecular weight is 433 g/mol. The van der Waals surface area contributed by atoms with Gasteiger partial charge in [-0.15, -0.1) is 0 Å². The molecule has 1 atom stereocenters. The van der Waals surface area contributed by atoms with E-state index in [0.29, 0.717) is 12.6 Å². The van der Waals surface area contributed by atoms with Gasteiger partial charge in [0.25, 0.3) is 0 Å². The summed E-state index contributed by atoms with van der Waals surface area (Å²) in [5.41, 5.74) is 2.63. The number of benzene rings is 1. The fourth-order valence-corrected chi connectivity index (χ4v) is 4.31. The van der Waals surface area contributed by atoms with Crippen molar-refractivity contribution in [2.24, 2.45) is 0 Å². The van der Waals surface area contributed by atoms with E-state index < -0.39 is 0 Å². The van der Waals surface area contributed by atoms with E-state index >= 15 is 0 Å². The largest absolute Gasteiger partial charge is 0.492 e. The second-order valence-corrected chi connectivity index (χ2v) is 7.43. The lowest BCUT2D eigenvalue weighted by Gasteiger charge is -2.15. The van der Waals surface area contributed by atoms with Crippen LogP contribution in [0.3, 0.4) is 0 Å². The van der Waals surface area contributed by atoms with Gasteiger partial charge in [-0.1, -0.05) is 0 Å². The third kappa shape index (κ3) is 5.09. The molecule has 1 unspecified atom stereocenters. The molecule has 0 saturated heterocycles. The molecular formula is C16H19Br2NOS. The highest BCUT2D eigenvalue weighted by atomic mass is 79.9. The number of rotatable bonds is 7. The van der Waals surface area contributed by atoms with Gasteiger partial charge in [0.2, 0.25) is 0 Å². The minimum absolute atomic E-state index is 0.448. The quantitative estimate of drug-likeness (QED) is 0.632. The molecule has 0 aliphatic heterocycles. The summed E-state index contributed by atoms with van der Waals surface area (Å²) in [6.45, 7) is 5.71. The molecule has 0 aliphatic rings. The van der Waals surface area contributed by atoms with Crippen molar-refractivity contribution in [1.29, 1.82) is 0 Å². The van der Waals surface area contributed by atoms with Crippen LogP contribution < -0.4 is 10.1 Å². The highest BCUT2D eigenvalue weighted by molar-refractivity contribution is 9.11. The Hall–Kier alpha value is -0.360. The van der Waals surface area contributed by atoms with Crippen LogP contribution in [0.4, 0.5) is 0 Å². The second-order valence-electron chi connectivity index (χ2n) is 4.94. The lowest BCUT2D eigenvalue weighted by Crippen LogP contribution is -2.27. The van der Waals surface area contributed by atoms with Gasteiger partial charge in [-0.2, -0.15) is 11.3 Å². The van der Waals surface area contributed by atoms with Crippen molar-refractivity contribution in [3.05, 3.63) is 49.0 Å². The maximum absolute atomic E-state index is 5.61. The molecule has 0 spiro atoms. The molecule has 0 fully saturated rings. The highest BCUT2D eigenvalue weighted by Crippen LogP contribution is 2.34. The van der Waals surface area contributed by atoms with E-state index in [1.54, 1.807) is 11.3 Å². The standard InChI is InChI=1S/C16H19Br2NOS/c1-3-20-16-14(17)7-13(8-15(16)18)9-19-11(2)6-12-4-5-21-10-12/h4-5,7-8,10-11,19H,3,6,9H2,1-2H3. The molecule has 1 aromatic heterocycles. The van der Waals surface area contributed by atoms with Crippen molar-refractivity contribution < 1.29 is 4.74 Å². The van der Waals surface area contributed by atoms with Crippen LogP contribution >= 0.6 is 43.2 Å². The molecule has 2 rings (SSSR count). The van der Waals surface area contributed by atoms with Crippen molar-refractivity contribution in [1.82, 2.24) is 5.32 Å². The molecule has 0 amide bonds. The summed E-state index contributed by atoms with van der Waals surface area (Å²) in [6.07, 6.45) is 1.06. The summed E-state index contributed by atoms with van der Waals surface area (Å²) < 4.78 is 7.58. The van der Waals surface area contributed by atoms with Crippen LogP contribution in [0.1, 0.15) is 25.0 Å². The van der Waals surface area contributed by atoms with Crippen LogP contribution in [0.2, 0.25) is 0 Å². The summed E-state index contributed by atoms with van der Waals surface area (Å²) >= 11 is 8.90. The van der Waals surface area contributed by atoms with Crippen molar-refractivity contribution in [3.8, 4) is 5.75 Å². The van der Waals surface area contributed by atoms with Gasteiger partial charge < -0.3 is 10.1 Å². The summed E-state index contributed by atoms with van der Waals surface area (Å²) in [5.74, 6) is 0.868. The van der Waals surface area contributed by atoms with Crippen LogP contribution in [-0.2, 0) is 13.0 Å². The van der Waals surface area contributed by atoms with Crippen LogP contribution in [0.25, 0.3) is 0 Å². The first kappa shape index (κ1) is 17.0. The maximum Gasteiger partial charge on any atom is 0.147 e. The van der Waals surface area contributed by atoms with Gasteiger partial charge in [0, 0.05) is 12.6 Å². The lowest BCUT2D eigenvalue weighted by molar-refractivity contribution is 0.336. The summed E-state index contributed by atoms with van der Waals surface area (Å²) in [5, 5.41) is 7.90. The van der Waals surface area contributed by atoms with E-state index in [4.69, 9.17) is 4.74 Å². The van der Waals surface area contributed by atoms with Crippen LogP contribution in [0.5, 0.6) is 5.75 Å². The van der Waals surface area contributed by atoms with Gasteiger partial charge >= 0.3 is 0 Å². The van der Waals surface area contributed by atoms with Gasteiger partial charge in [0.15, 0.2) is 0 Å². The lowest BCUT2D eigenvalue weighted by atomic mass is 10.1. The van der Waals surface area contributed by atoms with E-state index in [1.165, 1.54) is 11.1 Å². The fourth-order valence-electron chi connectivity index (χ4n) is 2.12. The zero-order chi connectivity index (χ0) is 15.2. The molecule has 1 aromatic carbocycles. The summed E-state index contributed by atoms with van der Waals surface area (Å²) in [4.78, 5) is 0. The molecule has 2 aromatic rings. The highest BCUT2D eigenvalue weighted by Gasteiger charge is 2.10. The van der Waals surface area contributed by atoms with Crippen molar-refractivity contribution in [2.75, 3.05) is 6.61 Å². The molecular weight excluding hydrogens is 414 g/mol. The van der Waals surface area contributed by atoms with Gasteiger partial charge in [0.1, 0.15) is 5.75 Å². The molecule has 0 saturated carbocycles. The Kier molecular flexibility index (Phi) is 6.74. The van der Waals surface area contributed by atoms with Crippen LogP contribution in [-0.4, -0.2) is 12.6 Å². The van der Waals surface area contributed by atoms with E-state index in [0.717, 1.165) is 27.7 Å². The summed E-state index contributed by atoms with van der Waals surface area (Å²) in [6, 6.07) is 6.86. The molecule has 1 N–H and O–H groups in total. The molecule has 0 bridgehead atoms. The number of hydrogen-bond acceptors (Lipinski definition) is 3. The number of hydrogen-bond donors (Lipinski definition) is 1. The molecule has 114 valence electrons. The smallest absolute Gasteiger partial charge is 0.147 e. The number of thiophene rings is 1. The molecule has 0 radical (unpaired) electrons. The Morgan fingerprint density at radius 3 is 2.52 bits per heavy atom. The van der Waals surface area contributed by atoms with Crippen molar-refractivity contribution >= 4 is 43.2 Å². The van der Waals surface area contributed by atoms with Crippen LogP contribution in [0, 0.1) is 0 Å². The van der Waals surface area contributed by atoms with E-state index in [1.807, 2.05) is 6.92 Å². The van der Waals surface area contributed by atoms with Crippen LogP contribution in [0.15, 0.2) is 37.9 Å². The third-order valence-electron chi connectivity index (χ3n) is 3.12. The first-order chi connectivity index (χ1) is 10.1. The van der Waals surface area contributed by atoms with E-state index in [-0.39, 0.29) is 0 Å². The van der Waals surface area contributed by atoms with E-state index in [9.17, 15) is 0 Å². The zero-order valence-corrected chi connectivity index (χ0v) is 16.1. The fraction of sp³-hybridized carbons (Fsp3) is 0.375. The first-order valence-corrected chi connectivity index (χ1v) is 9.48. The van der Waals surface area contributed by atoms with Crippen molar-refractivity contribution in [3.63, 3.8) is 0 Å². The van der Waals surface area contributed by atoms with Crippen molar-refractivity contribution in [2.45, 2.75) is 32.9 Å². The molecule has 1 heterocycles. The Morgan fingerprint density at radius 2 is 1.95 bits per heavy atom. The number of halogens is 2. The molecule has 0 aliphatic carbocycles. The Morgan fingerprint density at radius 1 is 1.24 bits per heavy atom. The number of nitrogens with one attached hydrogen (secondary N) is 1. The van der Waals surface area contributed by atoms with E-state index in [2.05, 4.69) is 73.1 Å². The Labute approximate surface area is 147 Å². The molecule has 2 nitrogen and oxygen atoms in total. The minimum atomic E-state index is 0.448. The average Bonchev–Trinajstić information content (AvgIpc) is 2.93.